The van der Waals surface area contributed by atoms with Crippen LogP contribution >= 0.6 is 22.6 Å². The van der Waals surface area contributed by atoms with Gasteiger partial charge < -0.3 is 16.2 Å². The number of guanidine groups is 1. The van der Waals surface area contributed by atoms with Crippen molar-refractivity contribution in [3.05, 3.63) is 27.3 Å². The molecule has 0 aliphatic carbocycles. The largest absolute Gasteiger partial charge is 0.496 e. The quantitative estimate of drug-likeness (QED) is 0.376. The first-order chi connectivity index (χ1) is 7.13. The fraction of sp³-hybridized carbons (Fsp3) is 0.111. The standard InChI is InChI=1S/C9H11IN4O/c1-15-8-3-2-6(4-7(8)10)5-13-14-9(11)12/h2-5H,1H3,(H4,11,12,14)/b13-5+. The Labute approximate surface area is 101 Å². The number of methoxy groups -OCH3 is 1. The Morgan fingerprint density at radius 1 is 1.47 bits per heavy atom. The molecular weight excluding hydrogens is 307 g/mol. The summed E-state index contributed by atoms with van der Waals surface area (Å²) in [6.45, 7) is 0. The van der Waals surface area contributed by atoms with Crippen molar-refractivity contribution in [1.29, 1.82) is 0 Å². The Morgan fingerprint density at radius 3 is 2.73 bits per heavy atom. The topological polar surface area (TPSA) is 86.0 Å². The van der Waals surface area contributed by atoms with Crippen LogP contribution in [0.5, 0.6) is 5.75 Å². The molecule has 0 unspecified atom stereocenters. The Hall–Kier alpha value is -1.31. The highest BCUT2D eigenvalue weighted by Crippen LogP contribution is 2.20. The van der Waals surface area contributed by atoms with Gasteiger partial charge in [0, 0.05) is 0 Å². The predicted octanol–water partition coefficient (Wildman–Crippen LogP) is 0.907. The summed E-state index contributed by atoms with van der Waals surface area (Å²) in [6, 6.07) is 5.65. The molecule has 15 heavy (non-hydrogen) atoms. The fourth-order valence-corrected chi connectivity index (χ4v) is 1.68. The van der Waals surface area contributed by atoms with Crippen LogP contribution < -0.4 is 16.2 Å². The molecule has 0 aliphatic heterocycles. The Balaban J connectivity index is 2.84. The minimum atomic E-state index is -0.0607. The molecule has 1 aromatic rings. The van der Waals surface area contributed by atoms with E-state index in [1.807, 2.05) is 18.2 Å². The average Bonchev–Trinajstić information content (AvgIpc) is 2.17. The zero-order chi connectivity index (χ0) is 11.3. The lowest BCUT2D eigenvalue weighted by Crippen LogP contribution is -2.21. The van der Waals surface area contributed by atoms with Crippen molar-refractivity contribution in [1.82, 2.24) is 0 Å². The molecule has 0 spiro atoms. The number of nitrogens with zero attached hydrogens (tertiary/aromatic N) is 2. The minimum absolute atomic E-state index is 0.0607. The molecular formula is C9H11IN4O. The Kier molecular flexibility index (Phi) is 4.35. The number of rotatable bonds is 3. The van der Waals surface area contributed by atoms with Crippen LogP contribution in [0.25, 0.3) is 0 Å². The summed E-state index contributed by atoms with van der Waals surface area (Å²) >= 11 is 2.18. The molecule has 0 amide bonds. The van der Waals surface area contributed by atoms with Gasteiger partial charge in [-0.15, -0.1) is 5.10 Å². The van der Waals surface area contributed by atoms with Gasteiger partial charge in [-0.2, -0.15) is 5.10 Å². The maximum atomic E-state index is 5.12. The summed E-state index contributed by atoms with van der Waals surface area (Å²) in [5.74, 6) is 0.768. The minimum Gasteiger partial charge on any atom is -0.496 e. The number of ether oxygens (including phenoxy) is 1. The van der Waals surface area contributed by atoms with Crippen LogP contribution in [-0.2, 0) is 0 Å². The van der Waals surface area contributed by atoms with Crippen molar-refractivity contribution >= 4 is 34.8 Å². The molecule has 0 heterocycles. The van der Waals surface area contributed by atoms with Crippen LogP contribution in [0, 0.1) is 3.57 Å². The van der Waals surface area contributed by atoms with Crippen molar-refractivity contribution in [2.75, 3.05) is 7.11 Å². The van der Waals surface area contributed by atoms with E-state index in [9.17, 15) is 0 Å². The molecule has 0 fully saturated rings. The first kappa shape index (κ1) is 11.8. The fourth-order valence-electron chi connectivity index (χ4n) is 0.925. The number of nitrogens with two attached hydrogens (primary N) is 2. The van der Waals surface area contributed by atoms with E-state index in [1.54, 1.807) is 13.3 Å². The number of hydrogen-bond acceptors (Lipinski definition) is 3. The van der Waals surface area contributed by atoms with Gasteiger partial charge in [-0.25, -0.2) is 0 Å². The molecule has 1 rings (SSSR count). The monoisotopic (exact) mass is 318 g/mol. The van der Waals surface area contributed by atoms with Crippen molar-refractivity contribution in [2.45, 2.75) is 0 Å². The highest BCUT2D eigenvalue weighted by atomic mass is 127. The van der Waals surface area contributed by atoms with Crippen LogP contribution in [0.2, 0.25) is 0 Å². The van der Waals surface area contributed by atoms with Crippen molar-refractivity contribution in [3.8, 4) is 5.75 Å². The van der Waals surface area contributed by atoms with Gasteiger partial charge >= 0.3 is 0 Å². The molecule has 0 atom stereocenters. The second kappa shape index (κ2) is 5.54. The molecule has 0 saturated heterocycles. The van der Waals surface area contributed by atoms with E-state index in [0.29, 0.717) is 0 Å². The maximum Gasteiger partial charge on any atom is 0.211 e. The van der Waals surface area contributed by atoms with Crippen molar-refractivity contribution in [2.24, 2.45) is 21.7 Å². The van der Waals surface area contributed by atoms with Crippen LogP contribution in [0.3, 0.4) is 0 Å². The summed E-state index contributed by atoms with van der Waals surface area (Å²) < 4.78 is 6.13. The predicted molar refractivity (Wildman–Crippen MR) is 69.1 cm³/mol. The highest BCUT2D eigenvalue weighted by molar-refractivity contribution is 14.1. The summed E-state index contributed by atoms with van der Waals surface area (Å²) in [5, 5.41) is 7.21. The first-order valence-electron chi connectivity index (χ1n) is 4.09. The van der Waals surface area contributed by atoms with Crippen LogP contribution in [0.1, 0.15) is 5.56 Å². The molecule has 6 heteroatoms. The van der Waals surface area contributed by atoms with E-state index in [2.05, 4.69) is 32.8 Å². The molecule has 5 nitrogen and oxygen atoms in total. The van der Waals surface area contributed by atoms with E-state index in [-0.39, 0.29) is 5.96 Å². The molecule has 0 aliphatic rings. The lowest BCUT2D eigenvalue weighted by atomic mass is 10.2. The number of benzene rings is 1. The van der Waals surface area contributed by atoms with Crippen molar-refractivity contribution in [3.63, 3.8) is 0 Å². The average molecular weight is 318 g/mol. The van der Waals surface area contributed by atoms with Gasteiger partial charge in [0.1, 0.15) is 5.75 Å². The normalized spacial score (nSPS) is 10.3. The maximum absolute atomic E-state index is 5.12. The molecule has 0 saturated carbocycles. The van der Waals surface area contributed by atoms with Gasteiger partial charge in [-0.05, 0) is 46.4 Å². The number of hydrogen-bond donors (Lipinski definition) is 2. The second-order valence-electron chi connectivity index (χ2n) is 2.66. The molecule has 80 valence electrons. The van der Waals surface area contributed by atoms with Crippen molar-refractivity contribution < 1.29 is 4.74 Å². The number of halogens is 1. The van der Waals surface area contributed by atoms with Gasteiger partial charge in [-0.1, -0.05) is 0 Å². The van der Waals surface area contributed by atoms with Gasteiger partial charge in [0.15, 0.2) is 0 Å². The van der Waals surface area contributed by atoms with Gasteiger partial charge in [-0.3, -0.25) is 0 Å². The van der Waals surface area contributed by atoms with E-state index in [4.69, 9.17) is 16.2 Å². The van der Waals surface area contributed by atoms with Crippen LogP contribution in [0.4, 0.5) is 0 Å². The lowest BCUT2D eigenvalue weighted by Gasteiger charge is -2.02. The van der Waals surface area contributed by atoms with Gasteiger partial charge in [0.25, 0.3) is 0 Å². The van der Waals surface area contributed by atoms with Gasteiger partial charge in [0.05, 0.1) is 16.9 Å². The highest BCUT2D eigenvalue weighted by Gasteiger charge is 1.98. The molecule has 0 aromatic heterocycles. The molecule has 0 radical (unpaired) electrons. The lowest BCUT2D eigenvalue weighted by molar-refractivity contribution is 0.412. The third-order valence-electron chi connectivity index (χ3n) is 1.56. The third-order valence-corrected chi connectivity index (χ3v) is 2.40. The summed E-state index contributed by atoms with van der Waals surface area (Å²) in [7, 11) is 1.63. The Bertz CT molecular complexity index is 399. The first-order valence-corrected chi connectivity index (χ1v) is 5.17. The second-order valence-corrected chi connectivity index (χ2v) is 3.83. The van der Waals surface area contributed by atoms with Crippen LogP contribution in [-0.4, -0.2) is 19.3 Å². The zero-order valence-corrected chi connectivity index (χ0v) is 10.3. The molecule has 0 bridgehead atoms. The van der Waals surface area contributed by atoms with E-state index in [1.165, 1.54) is 0 Å². The summed E-state index contributed by atoms with van der Waals surface area (Å²) in [4.78, 5) is 0. The van der Waals surface area contributed by atoms with E-state index >= 15 is 0 Å². The molecule has 4 N–H and O–H groups in total. The third kappa shape index (κ3) is 3.74. The van der Waals surface area contributed by atoms with Gasteiger partial charge in [0.2, 0.25) is 5.96 Å². The van der Waals surface area contributed by atoms with E-state index in [0.717, 1.165) is 14.9 Å². The smallest absolute Gasteiger partial charge is 0.211 e. The summed E-state index contributed by atoms with van der Waals surface area (Å²) in [6.07, 6.45) is 1.57. The summed E-state index contributed by atoms with van der Waals surface area (Å²) in [5.41, 5.74) is 11.2. The SMILES string of the molecule is COc1ccc(/C=N/N=C(N)N)cc1I. The molecule has 1 aromatic carbocycles. The Morgan fingerprint density at radius 2 is 2.20 bits per heavy atom. The van der Waals surface area contributed by atoms with E-state index < -0.39 is 0 Å². The zero-order valence-electron chi connectivity index (χ0n) is 8.14. The van der Waals surface area contributed by atoms with Crippen LogP contribution in [0.15, 0.2) is 28.4 Å².